The van der Waals surface area contributed by atoms with Crippen molar-refractivity contribution in [1.29, 1.82) is 0 Å². The van der Waals surface area contributed by atoms with Crippen molar-refractivity contribution >= 4 is 6.03 Å². The Morgan fingerprint density at radius 3 is 2.76 bits per heavy atom. The van der Waals surface area contributed by atoms with Crippen LogP contribution in [0.3, 0.4) is 0 Å². The van der Waals surface area contributed by atoms with Gasteiger partial charge in [0.1, 0.15) is 18.2 Å². The van der Waals surface area contributed by atoms with Gasteiger partial charge in [-0.15, -0.1) is 0 Å². The molecule has 5 heteroatoms. The van der Waals surface area contributed by atoms with Gasteiger partial charge in [-0.2, -0.15) is 0 Å². The number of rotatable bonds is 6. The van der Waals surface area contributed by atoms with E-state index >= 15 is 0 Å². The Balaban J connectivity index is 1.40. The molecular formula is C20H23FN2O2. The lowest BCUT2D eigenvalue weighted by Crippen LogP contribution is -2.37. The van der Waals surface area contributed by atoms with Crippen LogP contribution in [0.15, 0.2) is 42.5 Å². The molecule has 0 fully saturated rings. The number of benzene rings is 2. The largest absolute Gasteiger partial charge is 0.491 e. The third kappa shape index (κ3) is 4.72. The minimum atomic E-state index is -0.332. The number of ether oxygens (including phenoxy) is 1. The van der Waals surface area contributed by atoms with E-state index in [0.717, 1.165) is 18.6 Å². The van der Waals surface area contributed by atoms with Gasteiger partial charge in [0.25, 0.3) is 0 Å². The summed E-state index contributed by atoms with van der Waals surface area (Å²) in [5, 5.41) is 5.37. The number of halogens is 1. The average Bonchev–Trinajstić information content (AvgIpc) is 2.64. The van der Waals surface area contributed by atoms with E-state index in [2.05, 4.69) is 16.7 Å². The highest BCUT2D eigenvalue weighted by Gasteiger charge is 2.13. The molecule has 2 amide bonds. The second-order valence-corrected chi connectivity index (χ2v) is 6.15. The van der Waals surface area contributed by atoms with Crippen LogP contribution in [0.4, 0.5) is 9.18 Å². The Labute approximate surface area is 147 Å². The van der Waals surface area contributed by atoms with E-state index in [1.807, 2.05) is 12.1 Å². The smallest absolute Gasteiger partial charge is 0.315 e. The number of hydrogen-bond donors (Lipinski definition) is 2. The number of carbonyl (C=O) groups excluding carboxylic acids is 1. The molecule has 0 atom stereocenters. The Morgan fingerprint density at radius 1 is 1.04 bits per heavy atom. The summed E-state index contributed by atoms with van der Waals surface area (Å²) in [5.74, 6) is 0.603. The van der Waals surface area contributed by atoms with E-state index in [4.69, 9.17) is 4.74 Å². The molecule has 0 spiro atoms. The molecule has 25 heavy (non-hydrogen) atoms. The first-order valence-corrected chi connectivity index (χ1v) is 8.73. The molecule has 1 aliphatic carbocycles. The SMILES string of the molecule is O=C(NCCOc1cccc2c1CCCC2)NCc1ccccc1F. The first-order chi connectivity index (χ1) is 12.2. The zero-order valence-electron chi connectivity index (χ0n) is 14.2. The van der Waals surface area contributed by atoms with Crippen molar-refractivity contribution in [3.05, 3.63) is 65.0 Å². The molecule has 2 N–H and O–H groups in total. The van der Waals surface area contributed by atoms with Crippen molar-refractivity contribution in [2.24, 2.45) is 0 Å². The fourth-order valence-electron chi connectivity index (χ4n) is 3.09. The van der Waals surface area contributed by atoms with Crippen molar-refractivity contribution < 1.29 is 13.9 Å². The van der Waals surface area contributed by atoms with Gasteiger partial charge < -0.3 is 15.4 Å². The maximum Gasteiger partial charge on any atom is 0.315 e. The highest BCUT2D eigenvalue weighted by molar-refractivity contribution is 5.73. The van der Waals surface area contributed by atoms with Crippen molar-refractivity contribution in [3.63, 3.8) is 0 Å². The molecule has 0 aromatic heterocycles. The quantitative estimate of drug-likeness (QED) is 0.789. The molecule has 4 nitrogen and oxygen atoms in total. The van der Waals surface area contributed by atoms with E-state index in [1.165, 1.54) is 30.0 Å². The maximum absolute atomic E-state index is 13.5. The Morgan fingerprint density at radius 2 is 1.88 bits per heavy atom. The van der Waals surface area contributed by atoms with Crippen LogP contribution in [0, 0.1) is 5.82 Å². The Hall–Kier alpha value is -2.56. The van der Waals surface area contributed by atoms with Gasteiger partial charge in [-0.25, -0.2) is 9.18 Å². The predicted octanol–water partition coefficient (Wildman–Crippen LogP) is 3.58. The first kappa shape index (κ1) is 17.3. The molecule has 0 saturated carbocycles. The molecule has 0 aliphatic heterocycles. The molecule has 0 saturated heterocycles. The van der Waals surface area contributed by atoms with Crippen LogP contribution in [0.5, 0.6) is 5.75 Å². The van der Waals surface area contributed by atoms with Crippen LogP contribution in [0.2, 0.25) is 0 Å². The van der Waals surface area contributed by atoms with Gasteiger partial charge in [0, 0.05) is 12.1 Å². The molecular weight excluding hydrogens is 319 g/mol. The zero-order valence-corrected chi connectivity index (χ0v) is 14.2. The molecule has 0 bridgehead atoms. The summed E-state index contributed by atoms with van der Waals surface area (Å²) in [5.41, 5.74) is 3.14. The summed E-state index contributed by atoms with van der Waals surface area (Å²) in [4.78, 5) is 11.8. The van der Waals surface area contributed by atoms with E-state index in [1.54, 1.807) is 18.2 Å². The highest BCUT2D eigenvalue weighted by Crippen LogP contribution is 2.29. The van der Waals surface area contributed by atoms with Gasteiger partial charge in [0.05, 0.1) is 6.54 Å². The number of carbonyl (C=O) groups is 1. The fourth-order valence-corrected chi connectivity index (χ4v) is 3.09. The first-order valence-electron chi connectivity index (χ1n) is 8.73. The summed E-state index contributed by atoms with van der Waals surface area (Å²) in [6.45, 7) is 0.960. The zero-order chi connectivity index (χ0) is 17.5. The van der Waals surface area contributed by atoms with Gasteiger partial charge in [0.15, 0.2) is 0 Å². The molecule has 0 unspecified atom stereocenters. The summed E-state index contributed by atoms with van der Waals surface area (Å²) in [7, 11) is 0. The third-order valence-electron chi connectivity index (χ3n) is 4.40. The summed E-state index contributed by atoms with van der Waals surface area (Å²) < 4.78 is 19.3. The normalized spacial score (nSPS) is 13.0. The van der Waals surface area contributed by atoms with Gasteiger partial charge in [0.2, 0.25) is 0 Å². The molecule has 3 rings (SSSR count). The number of hydrogen-bond acceptors (Lipinski definition) is 2. The predicted molar refractivity (Wildman–Crippen MR) is 95.2 cm³/mol. The molecule has 2 aromatic carbocycles. The molecule has 0 radical (unpaired) electrons. The van der Waals surface area contributed by atoms with Crippen LogP contribution < -0.4 is 15.4 Å². The van der Waals surface area contributed by atoms with E-state index < -0.39 is 0 Å². The molecule has 2 aromatic rings. The van der Waals surface area contributed by atoms with Gasteiger partial charge >= 0.3 is 6.03 Å². The lowest BCUT2D eigenvalue weighted by Gasteiger charge is -2.19. The third-order valence-corrected chi connectivity index (χ3v) is 4.40. The van der Waals surface area contributed by atoms with Crippen LogP contribution in [0.25, 0.3) is 0 Å². The van der Waals surface area contributed by atoms with Crippen molar-refractivity contribution in [1.82, 2.24) is 10.6 Å². The molecule has 0 heterocycles. The Bertz CT molecular complexity index is 733. The van der Waals surface area contributed by atoms with Gasteiger partial charge in [-0.3, -0.25) is 0 Å². The molecule has 132 valence electrons. The number of urea groups is 1. The van der Waals surface area contributed by atoms with E-state index in [9.17, 15) is 9.18 Å². The lowest BCUT2D eigenvalue weighted by atomic mass is 9.91. The van der Waals surface area contributed by atoms with Crippen LogP contribution in [-0.4, -0.2) is 19.2 Å². The topological polar surface area (TPSA) is 50.4 Å². The second-order valence-electron chi connectivity index (χ2n) is 6.15. The summed E-state index contributed by atoms with van der Waals surface area (Å²) in [6.07, 6.45) is 4.61. The van der Waals surface area contributed by atoms with Crippen LogP contribution in [0.1, 0.15) is 29.5 Å². The monoisotopic (exact) mass is 342 g/mol. The average molecular weight is 342 g/mol. The maximum atomic E-state index is 13.5. The highest BCUT2D eigenvalue weighted by atomic mass is 19.1. The Kier molecular flexibility index (Phi) is 5.88. The van der Waals surface area contributed by atoms with Crippen molar-refractivity contribution in [2.75, 3.05) is 13.2 Å². The minimum absolute atomic E-state index is 0.158. The van der Waals surface area contributed by atoms with E-state index in [-0.39, 0.29) is 18.4 Å². The number of aryl methyl sites for hydroxylation is 1. The molecule has 1 aliphatic rings. The number of amides is 2. The fraction of sp³-hybridized carbons (Fsp3) is 0.350. The summed E-state index contributed by atoms with van der Waals surface area (Å²) in [6, 6.07) is 12.2. The van der Waals surface area contributed by atoms with Crippen LogP contribution >= 0.6 is 0 Å². The van der Waals surface area contributed by atoms with Gasteiger partial charge in [-0.05, 0) is 48.9 Å². The van der Waals surface area contributed by atoms with E-state index in [0.29, 0.717) is 18.7 Å². The number of fused-ring (bicyclic) bond motifs is 1. The lowest BCUT2D eigenvalue weighted by molar-refractivity contribution is 0.236. The number of nitrogens with one attached hydrogen (secondary N) is 2. The minimum Gasteiger partial charge on any atom is -0.491 e. The summed E-state index contributed by atoms with van der Waals surface area (Å²) >= 11 is 0. The standard InChI is InChI=1S/C20H23FN2O2/c21-18-10-4-2-7-16(18)14-23-20(24)22-12-13-25-19-11-5-8-15-6-1-3-9-17(15)19/h2,4-5,7-8,10-11H,1,3,6,9,12-14H2,(H2,22,23,24). The van der Waals surface area contributed by atoms with Crippen LogP contribution in [-0.2, 0) is 19.4 Å². The van der Waals surface area contributed by atoms with Crippen molar-refractivity contribution in [3.8, 4) is 5.75 Å². The van der Waals surface area contributed by atoms with Gasteiger partial charge in [-0.1, -0.05) is 30.3 Å². The van der Waals surface area contributed by atoms with Crippen molar-refractivity contribution in [2.45, 2.75) is 32.2 Å². The second kappa shape index (κ2) is 8.51.